The Hall–Kier alpha value is -1.81. The second kappa shape index (κ2) is 5.69. The number of nitrogens with zero attached hydrogens (tertiary/aromatic N) is 2. The first-order valence-corrected chi connectivity index (χ1v) is 6.28. The lowest BCUT2D eigenvalue weighted by Crippen LogP contribution is -2.08. The van der Waals surface area contributed by atoms with E-state index in [0.717, 1.165) is 23.4 Å². The number of ether oxygens (including phenoxy) is 1. The Balaban J connectivity index is 2.17. The zero-order valence-electron chi connectivity index (χ0n) is 10.8. The molecule has 2 N–H and O–H groups in total. The smallest absolute Gasteiger partial charge is 0.157 e. The Morgan fingerprint density at radius 3 is 2.61 bits per heavy atom. The molecule has 2 aromatic rings. The van der Waals surface area contributed by atoms with E-state index < -0.39 is 0 Å². The number of nitrogens with two attached hydrogens (primary N) is 1. The molecule has 0 aliphatic carbocycles. The molecule has 0 saturated heterocycles. The zero-order valence-corrected chi connectivity index (χ0v) is 10.8. The summed E-state index contributed by atoms with van der Waals surface area (Å²) in [6, 6.07) is 8.24. The number of benzene rings is 1. The van der Waals surface area contributed by atoms with Gasteiger partial charge in [-0.15, -0.1) is 0 Å². The number of hydrogen-bond acceptors (Lipinski definition) is 3. The lowest BCUT2D eigenvalue weighted by Gasteiger charge is -2.09. The summed E-state index contributed by atoms with van der Waals surface area (Å²) < 4.78 is 7.18. The second-order valence-electron chi connectivity index (χ2n) is 4.16. The van der Waals surface area contributed by atoms with Crippen molar-refractivity contribution in [2.24, 2.45) is 5.73 Å². The molecule has 1 aromatic heterocycles. The molecule has 0 amide bonds. The molecule has 18 heavy (non-hydrogen) atoms. The van der Waals surface area contributed by atoms with Crippen molar-refractivity contribution in [3.63, 3.8) is 0 Å². The van der Waals surface area contributed by atoms with Crippen LogP contribution in [0.1, 0.15) is 31.9 Å². The van der Waals surface area contributed by atoms with Crippen molar-refractivity contribution < 1.29 is 4.74 Å². The second-order valence-corrected chi connectivity index (χ2v) is 4.16. The summed E-state index contributed by atoms with van der Waals surface area (Å²) in [4.78, 5) is 0. The lowest BCUT2D eigenvalue weighted by molar-refractivity contribution is 0.340. The lowest BCUT2D eigenvalue weighted by atomic mass is 10.1. The summed E-state index contributed by atoms with van der Waals surface area (Å²) in [5, 5.41) is 4.26. The maximum Gasteiger partial charge on any atom is 0.157 e. The summed E-state index contributed by atoms with van der Waals surface area (Å²) >= 11 is 0. The van der Waals surface area contributed by atoms with Gasteiger partial charge in [-0.1, -0.05) is 19.1 Å². The molecule has 0 fully saturated rings. The highest BCUT2D eigenvalue weighted by Crippen LogP contribution is 2.18. The molecule has 0 unspecified atom stereocenters. The first kappa shape index (κ1) is 12.6. The van der Waals surface area contributed by atoms with Gasteiger partial charge >= 0.3 is 0 Å². The largest absolute Gasteiger partial charge is 0.491 e. The van der Waals surface area contributed by atoms with Crippen molar-refractivity contribution >= 4 is 0 Å². The molecule has 0 aliphatic heterocycles. The van der Waals surface area contributed by atoms with Gasteiger partial charge in [0.1, 0.15) is 0 Å². The molecule has 1 aromatic carbocycles. The third-order valence-corrected chi connectivity index (χ3v) is 2.90. The van der Waals surface area contributed by atoms with Crippen molar-refractivity contribution in [2.45, 2.75) is 26.3 Å². The van der Waals surface area contributed by atoms with Crippen LogP contribution in [-0.2, 0) is 0 Å². The quantitative estimate of drug-likeness (QED) is 0.881. The van der Waals surface area contributed by atoms with E-state index in [1.807, 2.05) is 37.4 Å². The van der Waals surface area contributed by atoms with Crippen LogP contribution in [0.15, 0.2) is 36.7 Å². The fourth-order valence-corrected chi connectivity index (χ4v) is 1.80. The third kappa shape index (κ3) is 2.71. The maximum absolute atomic E-state index is 5.98. The van der Waals surface area contributed by atoms with E-state index in [2.05, 4.69) is 12.0 Å². The Morgan fingerprint density at radius 1 is 1.28 bits per heavy atom. The highest BCUT2D eigenvalue weighted by Gasteiger charge is 2.04. The number of aromatic nitrogens is 2. The van der Waals surface area contributed by atoms with Crippen LogP contribution in [0.4, 0.5) is 0 Å². The molecule has 0 saturated carbocycles. The SMILES string of the molecule is CCOc1cnn(-c2ccc([C@H](N)CC)cc2)c1. The van der Waals surface area contributed by atoms with Crippen LogP contribution in [0.3, 0.4) is 0 Å². The topological polar surface area (TPSA) is 53.1 Å². The Morgan fingerprint density at radius 2 is 2.00 bits per heavy atom. The molecule has 4 heteroatoms. The van der Waals surface area contributed by atoms with Gasteiger partial charge in [-0.05, 0) is 31.0 Å². The molecule has 96 valence electrons. The average Bonchev–Trinajstić information content (AvgIpc) is 2.87. The van der Waals surface area contributed by atoms with E-state index in [1.165, 1.54) is 0 Å². The van der Waals surface area contributed by atoms with Gasteiger partial charge < -0.3 is 10.5 Å². The molecule has 2 rings (SSSR count). The Kier molecular flexibility index (Phi) is 3.99. The van der Waals surface area contributed by atoms with E-state index in [-0.39, 0.29) is 6.04 Å². The van der Waals surface area contributed by atoms with E-state index in [1.54, 1.807) is 10.9 Å². The highest BCUT2D eigenvalue weighted by molar-refractivity contribution is 5.36. The first-order valence-electron chi connectivity index (χ1n) is 6.28. The van der Waals surface area contributed by atoms with Gasteiger partial charge in [-0.3, -0.25) is 0 Å². The molecule has 1 atom stereocenters. The van der Waals surface area contributed by atoms with E-state index in [9.17, 15) is 0 Å². The van der Waals surface area contributed by atoms with Crippen LogP contribution in [0.25, 0.3) is 5.69 Å². The Bertz CT molecular complexity index is 490. The predicted molar refractivity (Wildman–Crippen MR) is 72.0 cm³/mol. The van der Waals surface area contributed by atoms with Crippen LogP contribution in [-0.4, -0.2) is 16.4 Å². The van der Waals surface area contributed by atoms with Gasteiger partial charge in [0.15, 0.2) is 5.75 Å². The minimum absolute atomic E-state index is 0.107. The van der Waals surface area contributed by atoms with Gasteiger partial charge in [0.25, 0.3) is 0 Å². The molecular weight excluding hydrogens is 226 g/mol. The van der Waals surface area contributed by atoms with Crippen LogP contribution in [0.5, 0.6) is 5.75 Å². The third-order valence-electron chi connectivity index (χ3n) is 2.90. The summed E-state index contributed by atoms with van der Waals surface area (Å²) in [6.07, 6.45) is 4.53. The standard InChI is InChI=1S/C14H19N3O/c1-3-14(15)11-5-7-12(8-6-11)17-10-13(9-16-17)18-4-2/h5-10,14H,3-4,15H2,1-2H3/t14-/m1/s1. The summed E-state index contributed by atoms with van der Waals surface area (Å²) in [5.74, 6) is 0.784. The Labute approximate surface area is 107 Å². The van der Waals surface area contributed by atoms with Crippen molar-refractivity contribution in [3.05, 3.63) is 42.2 Å². The summed E-state index contributed by atoms with van der Waals surface area (Å²) in [5.41, 5.74) is 8.14. The van der Waals surface area contributed by atoms with Gasteiger partial charge in [0, 0.05) is 6.04 Å². The average molecular weight is 245 g/mol. The van der Waals surface area contributed by atoms with E-state index >= 15 is 0 Å². The minimum Gasteiger partial charge on any atom is -0.491 e. The summed E-state index contributed by atoms with van der Waals surface area (Å²) in [7, 11) is 0. The van der Waals surface area contributed by atoms with Gasteiger partial charge in [-0.25, -0.2) is 4.68 Å². The predicted octanol–water partition coefficient (Wildman–Crippen LogP) is 2.68. The van der Waals surface area contributed by atoms with Crippen LogP contribution in [0.2, 0.25) is 0 Å². The first-order chi connectivity index (χ1) is 8.74. The molecule has 0 bridgehead atoms. The molecule has 4 nitrogen and oxygen atoms in total. The molecule has 0 aliphatic rings. The minimum atomic E-state index is 0.107. The monoisotopic (exact) mass is 245 g/mol. The molecular formula is C14H19N3O. The number of hydrogen-bond donors (Lipinski definition) is 1. The highest BCUT2D eigenvalue weighted by atomic mass is 16.5. The molecule has 1 heterocycles. The molecule has 0 spiro atoms. The van der Waals surface area contributed by atoms with E-state index in [0.29, 0.717) is 6.61 Å². The van der Waals surface area contributed by atoms with Crippen LogP contribution in [0, 0.1) is 0 Å². The van der Waals surface area contributed by atoms with Crippen molar-refractivity contribution in [1.82, 2.24) is 9.78 Å². The van der Waals surface area contributed by atoms with Crippen LogP contribution < -0.4 is 10.5 Å². The number of rotatable bonds is 5. The summed E-state index contributed by atoms with van der Waals surface area (Å²) in [6.45, 7) is 4.69. The fraction of sp³-hybridized carbons (Fsp3) is 0.357. The molecule has 0 radical (unpaired) electrons. The van der Waals surface area contributed by atoms with Crippen molar-refractivity contribution in [1.29, 1.82) is 0 Å². The van der Waals surface area contributed by atoms with Crippen molar-refractivity contribution in [2.75, 3.05) is 6.61 Å². The normalized spacial score (nSPS) is 12.4. The zero-order chi connectivity index (χ0) is 13.0. The van der Waals surface area contributed by atoms with Gasteiger partial charge in [-0.2, -0.15) is 5.10 Å². The van der Waals surface area contributed by atoms with Gasteiger partial charge in [0.2, 0.25) is 0 Å². The van der Waals surface area contributed by atoms with Crippen molar-refractivity contribution in [3.8, 4) is 11.4 Å². The van der Waals surface area contributed by atoms with E-state index in [4.69, 9.17) is 10.5 Å². The van der Waals surface area contributed by atoms with Gasteiger partial charge in [0.05, 0.1) is 24.7 Å². The fourth-order valence-electron chi connectivity index (χ4n) is 1.80. The maximum atomic E-state index is 5.98. The van der Waals surface area contributed by atoms with Crippen LogP contribution >= 0.6 is 0 Å².